The average Bonchev–Trinajstić information content (AvgIpc) is 2.89. The zero-order valence-electron chi connectivity index (χ0n) is 11.3. The van der Waals surface area contributed by atoms with Gasteiger partial charge >= 0.3 is 0 Å². The fourth-order valence-corrected chi connectivity index (χ4v) is 3.37. The number of nitrogens with zero attached hydrogens (tertiary/aromatic N) is 2. The molecule has 0 fully saturated rings. The van der Waals surface area contributed by atoms with Crippen molar-refractivity contribution in [2.24, 2.45) is 0 Å². The Hall–Kier alpha value is -1.07. The summed E-state index contributed by atoms with van der Waals surface area (Å²) in [7, 11) is 0. The molecule has 0 atom stereocenters. The van der Waals surface area contributed by atoms with E-state index >= 15 is 0 Å². The summed E-state index contributed by atoms with van der Waals surface area (Å²) in [5.41, 5.74) is 0. The van der Waals surface area contributed by atoms with E-state index in [4.69, 9.17) is 0 Å². The van der Waals surface area contributed by atoms with E-state index in [-0.39, 0.29) is 0 Å². The largest absolute Gasteiger partial charge is 0.370 e. The van der Waals surface area contributed by atoms with Gasteiger partial charge in [0.25, 0.3) is 0 Å². The Morgan fingerprint density at radius 2 is 2.16 bits per heavy atom. The van der Waals surface area contributed by atoms with Crippen LogP contribution in [0.1, 0.15) is 32.5 Å². The Labute approximate surface area is 122 Å². The first-order valence-corrected chi connectivity index (χ1v) is 8.34. The number of thiophene rings is 1. The van der Waals surface area contributed by atoms with Crippen molar-refractivity contribution in [1.29, 1.82) is 0 Å². The molecule has 0 spiro atoms. The van der Waals surface area contributed by atoms with Crippen molar-refractivity contribution >= 4 is 28.9 Å². The van der Waals surface area contributed by atoms with Crippen molar-refractivity contribution in [2.45, 2.75) is 42.3 Å². The van der Waals surface area contributed by atoms with E-state index in [2.05, 4.69) is 46.6 Å². The molecule has 0 aliphatic carbocycles. The highest BCUT2D eigenvalue weighted by atomic mass is 32.2. The molecule has 0 saturated carbocycles. The summed E-state index contributed by atoms with van der Waals surface area (Å²) >= 11 is 3.45. The maximum atomic E-state index is 4.62. The van der Waals surface area contributed by atoms with Crippen LogP contribution in [-0.2, 0) is 6.42 Å². The van der Waals surface area contributed by atoms with E-state index in [0.29, 0.717) is 0 Å². The fourth-order valence-electron chi connectivity index (χ4n) is 1.63. The van der Waals surface area contributed by atoms with Gasteiger partial charge in [0.05, 0.1) is 4.21 Å². The van der Waals surface area contributed by atoms with Crippen molar-refractivity contribution < 1.29 is 0 Å². The molecule has 0 saturated heterocycles. The summed E-state index contributed by atoms with van der Waals surface area (Å²) in [6.45, 7) is 5.26. The molecule has 0 aliphatic heterocycles. The van der Waals surface area contributed by atoms with Crippen LogP contribution < -0.4 is 5.32 Å². The van der Waals surface area contributed by atoms with Gasteiger partial charge in [-0.15, -0.1) is 11.3 Å². The SMILES string of the molecule is CCCNc1cc(Sc2cccs2)nc(CCC)n1. The number of nitrogens with one attached hydrogen (secondary N) is 1. The van der Waals surface area contributed by atoms with Crippen LogP contribution in [0.5, 0.6) is 0 Å². The fraction of sp³-hybridized carbons (Fsp3) is 0.429. The lowest BCUT2D eigenvalue weighted by Crippen LogP contribution is -2.05. The van der Waals surface area contributed by atoms with Crippen LogP contribution in [0.25, 0.3) is 0 Å². The third-order valence-electron chi connectivity index (χ3n) is 2.48. The first-order valence-electron chi connectivity index (χ1n) is 6.65. The zero-order valence-corrected chi connectivity index (χ0v) is 13.0. The molecule has 5 heteroatoms. The van der Waals surface area contributed by atoms with Crippen molar-refractivity contribution in [1.82, 2.24) is 9.97 Å². The second-order valence-corrected chi connectivity index (χ2v) is 6.49. The third kappa shape index (κ3) is 4.51. The second-order valence-electron chi connectivity index (χ2n) is 4.22. The highest BCUT2D eigenvalue weighted by Crippen LogP contribution is 2.31. The molecule has 2 aromatic rings. The van der Waals surface area contributed by atoms with Crippen molar-refractivity contribution in [3.63, 3.8) is 0 Å². The van der Waals surface area contributed by atoms with Crippen molar-refractivity contribution in [3.05, 3.63) is 29.4 Å². The molecule has 0 unspecified atom stereocenters. The summed E-state index contributed by atoms with van der Waals surface area (Å²) in [6, 6.07) is 6.23. The van der Waals surface area contributed by atoms with Gasteiger partial charge in [-0.1, -0.05) is 31.7 Å². The van der Waals surface area contributed by atoms with Gasteiger partial charge in [-0.3, -0.25) is 0 Å². The summed E-state index contributed by atoms with van der Waals surface area (Å²) in [5, 5.41) is 6.47. The Balaban J connectivity index is 2.17. The monoisotopic (exact) mass is 293 g/mol. The molecule has 0 aliphatic rings. The predicted octanol–water partition coefficient (Wildman–Crippen LogP) is 4.46. The van der Waals surface area contributed by atoms with Crippen LogP contribution in [0.4, 0.5) is 5.82 Å². The zero-order chi connectivity index (χ0) is 13.5. The molecule has 1 N–H and O–H groups in total. The summed E-state index contributed by atoms with van der Waals surface area (Å²) in [5.74, 6) is 1.88. The number of aromatic nitrogens is 2. The molecule has 0 amide bonds. The predicted molar refractivity (Wildman–Crippen MR) is 83.2 cm³/mol. The maximum absolute atomic E-state index is 4.62. The van der Waals surface area contributed by atoms with E-state index in [1.807, 2.05) is 6.07 Å². The minimum atomic E-state index is 0.930. The molecular formula is C14H19N3S2. The van der Waals surface area contributed by atoms with Crippen LogP contribution in [0, 0.1) is 0 Å². The summed E-state index contributed by atoms with van der Waals surface area (Å²) in [4.78, 5) is 9.18. The lowest BCUT2D eigenvalue weighted by molar-refractivity contribution is 0.808. The molecule has 3 nitrogen and oxygen atoms in total. The topological polar surface area (TPSA) is 37.8 Å². The number of rotatable bonds is 7. The Morgan fingerprint density at radius 3 is 2.84 bits per heavy atom. The minimum Gasteiger partial charge on any atom is -0.370 e. The summed E-state index contributed by atoms with van der Waals surface area (Å²) < 4.78 is 1.27. The van der Waals surface area contributed by atoms with E-state index in [1.54, 1.807) is 23.1 Å². The molecule has 2 heterocycles. The lowest BCUT2D eigenvalue weighted by Gasteiger charge is -2.08. The summed E-state index contributed by atoms with van der Waals surface area (Å²) in [6.07, 6.45) is 3.10. The van der Waals surface area contributed by atoms with Crippen LogP contribution in [0.2, 0.25) is 0 Å². The number of hydrogen-bond donors (Lipinski definition) is 1. The lowest BCUT2D eigenvalue weighted by atomic mass is 10.3. The standard InChI is InChI=1S/C14H19N3S2/c1-3-6-11-16-12(15-8-4-2)10-13(17-11)19-14-7-5-9-18-14/h5,7,9-10H,3-4,6,8H2,1-2H3,(H,15,16,17). The molecule has 0 aromatic carbocycles. The van der Waals surface area contributed by atoms with E-state index < -0.39 is 0 Å². The molecule has 19 heavy (non-hydrogen) atoms. The van der Waals surface area contributed by atoms with Gasteiger partial charge in [-0.25, -0.2) is 9.97 Å². The van der Waals surface area contributed by atoms with Crippen LogP contribution >= 0.6 is 23.1 Å². The first-order chi connectivity index (χ1) is 9.31. The first kappa shape index (κ1) is 14.3. The number of anilines is 1. The van der Waals surface area contributed by atoms with Gasteiger partial charge in [0.1, 0.15) is 16.7 Å². The minimum absolute atomic E-state index is 0.930. The number of aryl methyl sites for hydroxylation is 1. The van der Waals surface area contributed by atoms with Gasteiger partial charge in [0.15, 0.2) is 0 Å². The van der Waals surface area contributed by atoms with Gasteiger partial charge in [-0.2, -0.15) is 0 Å². The normalized spacial score (nSPS) is 10.6. The number of hydrogen-bond acceptors (Lipinski definition) is 5. The van der Waals surface area contributed by atoms with Gasteiger partial charge < -0.3 is 5.32 Å². The highest BCUT2D eigenvalue weighted by molar-refractivity contribution is 8.01. The average molecular weight is 293 g/mol. The van der Waals surface area contributed by atoms with Crippen LogP contribution in [0.3, 0.4) is 0 Å². The van der Waals surface area contributed by atoms with Crippen molar-refractivity contribution in [2.75, 3.05) is 11.9 Å². The van der Waals surface area contributed by atoms with Gasteiger partial charge in [0.2, 0.25) is 0 Å². The second kappa shape index (κ2) is 7.50. The van der Waals surface area contributed by atoms with Crippen molar-refractivity contribution in [3.8, 4) is 0 Å². The smallest absolute Gasteiger partial charge is 0.132 e. The molecule has 0 radical (unpaired) electrons. The Kier molecular flexibility index (Phi) is 5.66. The molecule has 2 rings (SSSR count). The van der Waals surface area contributed by atoms with Gasteiger partial charge in [-0.05, 0) is 24.3 Å². The van der Waals surface area contributed by atoms with Crippen LogP contribution in [-0.4, -0.2) is 16.5 Å². The Bertz CT molecular complexity index is 497. The molecular weight excluding hydrogens is 274 g/mol. The van der Waals surface area contributed by atoms with Crippen LogP contribution in [0.15, 0.2) is 32.8 Å². The van der Waals surface area contributed by atoms with Gasteiger partial charge in [0, 0.05) is 19.0 Å². The van der Waals surface area contributed by atoms with E-state index in [1.165, 1.54) is 4.21 Å². The third-order valence-corrected chi connectivity index (χ3v) is 4.43. The maximum Gasteiger partial charge on any atom is 0.132 e. The molecule has 2 aromatic heterocycles. The molecule has 0 bridgehead atoms. The highest BCUT2D eigenvalue weighted by Gasteiger charge is 2.06. The Morgan fingerprint density at radius 1 is 1.26 bits per heavy atom. The van der Waals surface area contributed by atoms with E-state index in [0.717, 1.165) is 42.5 Å². The quantitative estimate of drug-likeness (QED) is 0.765. The van der Waals surface area contributed by atoms with E-state index in [9.17, 15) is 0 Å². The molecule has 102 valence electrons.